The Bertz CT molecular complexity index is 741. The van der Waals surface area contributed by atoms with E-state index in [1.807, 2.05) is 49.4 Å². The van der Waals surface area contributed by atoms with Crippen molar-refractivity contribution in [3.8, 4) is 10.4 Å². The number of nitrogens with one attached hydrogen (secondary N) is 1. The van der Waals surface area contributed by atoms with E-state index < -0.39 is 0 Å². The second-order valence-corrected chi connectivity index (χ2v) is 6.54. The zero-order chi connectivity index (χ0) is 15.4. The normalized spacial score (nSPS) is 10.6. The van der Waals surface area contributed by atoms with Crippen LogP contribution in [0.25, 0.3) is 10.4 Å². The van der Waals surface area contributed by atoms with Crippen LogP contribution in [0.4, 0.5) is 5.69 Å². The smallest absolute Gasteiger partial charge is 0.102 e. The van der Waals surface area contributed by atoms with Gasteiger partial charge in [0.15, 0.2) is 0 Å². The van der Waals surface area contributed by atoms with Gasteiger partial charge >= 0.3 is 0 Å². The molecule has 0 fully saturated rings. The average molecular weight is 375 g/mol. The van der Waals surface area contributed by atoms with Crippen LogP contribution in [0.15, 0.2) is 59.1 Å². The lowest BCUT2D eigenvalue weighted by atomic mass is 10.1. The fourth-order valence-electron chi connectivity index (χ4n) is 2.05. The number of benzene rings is 2. The number of anilines is 1. The van der Waals surface area contributed by atoms with Crippen molar-refractivity contribution in [2.75, 3.05) is 5.48 Å². The summed E-state index contributed by atoms with van der Waals surface area (Å²) in [6.45, 7) is 2.49. The minimum Gasteiger partial charge on any atom is -0.271 e. The molecule has 0 bridgehead atoms. The molecule has 1 heterocycles. The van der Waals surface area contributed by atoms with Gasteiger partial charge in [0.2, 0.25) is 0 Å². The first-order valence-corrected chi connectivity index (χ1v) is 8.44. The Labute approximate surface area is 142 Å². The van der Waals surface area contributed by atoms with Crippen molar-refractivity contribution in [1.29, 1.82) is 0 Å². The number of halogens is 1. The maximum absolute atomic E-state index is 5.64. The van der Waals surface area contributed by atoms with Gasteiger partial charge in [0.1, 0.15) is 5.69 Å². The van der Waals surface area contributed by atoms with Gasteiger partial charge in [-0.05, 0) is 41.7 Å². The summed E-state index contributed by atoms with van der Waals surface area (Å²) in [6, 6.07) is 18.3. The molecule has 0 aliphatic rings. The van der Waals surface area contributed by atoms with E-state index in [4.69, 9.17) is 4.84 Å². The van der Waals surface area contributed by atoms with Crippen LogP contribution < -0.4 is 5.48 Å². The lowest BCUT2D eigenvalue weighted by molar-refractivity contribution is 0.180. The number of rotatable bonds is 5. The monoisotopic (exact) mass is 374 g/mol. The maximum Gasteiger partial charge on any atom is 0.102 e. The SMILES string of the molecule is Cc1nsc(-c2ccc(Br)cc2)c1NOCc1ccccc1. The molecule has 0 aliphatic carbocycles. The topological polar surface area (TPSA) is 34.2 Å². The van der Waals surface area contributed by atoms with E-state index in [2.05, 4.69) is 37.9 Å². The highest BCUT2D eigenvalue weighted by molar-refractivity contribution is 9.10. The van der Waals surface area contributed by atoms with Crippen LogP contribution in [0.3, 0.4) is 0 Å². The molecule has 0 unspecified atom stereocenters. The Kier molecular flexibility index (Phi) is 4.87. The van der Waals surface area contributed by atoms with Gasteiger partial charge in [0, 0.05) is 4.47 Å². The summed E-state index contributed by atoms with van der Waals surface area (Å²) in [4.78, 5) is 6.72. The van der Waals surface area contributed by atoms with Crippen molar-refractivity contribution in [3.05, 3.63) is 70.3 Å². The minimum atomic E-state index is 0.510. The first kappa shape index (κ1) is 15.2. The summed E-state index contributed by atoms with van der Waals surface area (Å²) in [5, 5.41) is 0. The molecule has 5 heteroatoms. The standard InChI is InChI=1S/C17H15BrN2OS/c1-12-16(19-21-11-13-5-3-2-4-6-13)17(22-20-12)14-7-9-15(18)10-8-14/h2-10,19H,11H2,1H3. The Morgan fingerprint density at radius 2 is 1.82 bits per heavy atom. The van der Waals surface area contributed by atoms with Gasteiger partial charge in [0.25, 0.3) is 0 Å². The van der Waals surface area contributed by atoms with Crippen LogP contribution in [-0.4, -0.2) is 4.37 Å². The van der Waals surface area contributed by atoms with Gasteiger partial charge < -0.3 is 0 Å². The molecule has 0 spiro atoms. The molecule has 0 atom stereocenters. The molecule has 0 amide bonds. The van der Waals surface area contributed by atoms with Crippen LogP contribution in [-0.2, 0) is 11.4 Å². The Balaban J connectivity index is 1.74. The summed E-state index contributed by atoms with van der Waals surface area (Å²) in [5.41, 5.74) is 7.18. The van der Waals surface area contributed by atoms with Crippen molar-refractivity contribution >= 4 is 33.1 Å². The minimum absolute atomic E-state index is 0.510. The fraction of sp³-hybridized carbons (Fsp3) is 0.118. The summed E-state index contributed by atoms with van der Waals surface area (Å²) in [6.07, 6.45) is 0. The van der Waals surface area contributed by atoms with Crippen molar-refractivity contribution < 1.29 is 4.84 Å². The summed E-state index contributed by atoms with van der Waals surface area (Å²) in [7, 11) is 0. The third-order valence-corrected chi connectivity index (χ3v) is 4.74. The number of aromatic nitrogens is 1. The van der Waals surface area contributed by atoms with Crippen LogP contribution >= 0.6 is 27.5 Å². The lowest BCUT2D eigenvalue weighted by Gasteiger charge is -2.09. The molecule has 0 aliphatic heterocycles. The fourth-order valence-corrected chi connectivity index (χ4v) is 3.16. The number of hydrogen-bond donors (Lipinski definition) is 1. The van der Waals surface area contributed by atoms with E-state index in [1.165, 1.54) is 11.5 Å². The number of hydrogen-bond acceptors (Lipinski definition) is 4. The maximum atomic E-state index is 5.64. The third-order valence-electron chi connectivity index (χ3n) is 3.23. The van der Waals surface area contributed by atoms with Crippen LogP contribution in [0.1, 0.15) is 11.3 Å². The lowest BCUT2D eigenvalue weighted by Crippen LogP contribution is -2.02. The Hall–Kier alpha value is -1.69. The molecule has 2 aromatic carbocycles. The van der Waals surface area contributed by atoms with Crippen LogP contribution in [0.5, 0.6) is 0 Å². The third kappa shape index (κ3) is 3.55. The molecule has 112 valence electrons. The molecule has 3 nitrogen and oxygen atoms in total. The second-order valence-electron chi connectivity index (χ2n) is 4.86. The molecule has 22 heavy (non-hydrogen) atoms. The Morgan fingerprint density at radius 1 is 1.09 bits per heavy atom. The molecule has 1 N–H and O–H groups in total. The predicted molar refractivity (Wildman–Crippen MR) is 94.8 cm³/mol. The highest BCUT2D eigenvalue weighted by atomic mass is 79.9. The number of nitrogens with zero attached hydrogens (tertiary/aromatic N) is 1. The van der Waals surface area contributed by atoms with Crippen LogP contribution in [0.2, 0.25) is 0 Å². The zero-order valence-electron chi connectivity index (χ0n) is 12.0. The molecular weight excluding hydrogens is 360 g/mol. The van der Waals surface area contributed by atoms with Crippen molar-refractivity contribution in [3.63, 3.8) is 0 Å². The number of aryl methyl sites for hydroxylation is 1. The molecule has 0 saturated heterocycles. The van der Waals surface area contributed by atoms with E-state index in [1.54, 1.807) is 0 Å². The second kappa shape index (κ2) is 7.05. The van der Waals surface area contributed by atoms with Gasteiger partial charge in [0.05, 0.1) is 17.2 Å². The van der Waals surface area contributed by atoms with Crippen LogP contribution in [0, 0.1) is 6.92 Å². The first-order chi connectivity index (χ1) is 10.7. The quantitative estimate of drug-likeness (QED) is 0.605. The van der Waals surface area contributed by atoms with Crippen molar-refractivity contribution in [2.45, 2.75) is 13.5 Å². The molecular formula is C17H15BrN2OS. The van der Waals surface area contributed by atoms with E-state index in [-0.39, 0.29) is 0 Å². The summed E-state index contributed by atoms with van der Waals surface area (Å²) < 4.78 is 5.49. The van der Waals surface area contributed by atoms with Crippen molar-refractivity contribution in [1.82, 2.24) is 4.37 Å². The highest BCUT2D eigenvalue weighted by Gasteiger charge is 2.12. The molecule has 0 saturated carbocycles. The highest BCUT2D eigenvalue weighted by Crippen LogP contribution is 2.35. The zero-order valence-corrected chi connectivity index (χ0v) is 14.4. The van der Waals surface area contributed by atoms with Gasteiger partial charge in [-0.3, -0.25) is 10.3 Å². The van der Waals surface area contributed by atoms with Gasteiger partial charge in [-0.25, -0.2) is 0 Å². The molecule has 3 aromatic rings. The summed E-state index contributed by atoms with van der Waals surface area (Å²) >= 11 is 4.93. The van der Waals surface area contributed by atoms with E-state index in [0.717, 1.165) is 31.9 Å². The van der Waals surface area contributed by atoms with E-state index in [0.29, 0.717) is 6.61 Å². The van der Waals surface area contributed by atoms with Gasteiger partial charge in [-0.1, -0.05) is 58.4 Å². The Morgan fingerprint density at radius 3 is 2.55 bits per heavy atom. The average Bonchev–Trinajstić information content (AvgIpc) is 2.90. The summed E-state index contributed by atoms with van der Waals surface area (Å²) in [5.74, 6) is 0. The van der Waals surface area contributed by atoms with Gasteiger partial charge in [-0.2, -0.15) is 4.37 Å². The predicted octanol–water partition coefficient (Wildman–Crippen LogP) is 5.42. The van der Waals surface area contributed by atoms with E-state index >= 15 is 0 Å². The molecule has 1 aromatic heterocycles. The van der Waals surface area contributed by atoms with Crippen molar-refractivity contribution in [2.24, 2.45) is 0 Å². The largest absolute Gasteiger partial charge is 0.271 e. The molecule has 3 rings (SSSR count). The first-order valence-electron chi connectivity index (χ1n) is 6.88. The van der Waals surface area contributed by atoms with E-state index in [9.17, 15) is 0 Å². The molecule has 0 radical (unpaired) electrons. The van der Waals surface area contributed by atoms with Gasteiger partial charge in [-0.15, -0.1) is 0 Å².